The molecule has 0 N–H and O–H groups in total. The average Bonchev–Trinajstić information content (AvgIpc) is 2.69. The van der Waals surface area contributed by atoms with Gasteiger partial charge in [-0.1, -0.05) is 37.2 Å². The fourth-order valence-electron chi connectivity index (χ4n) is 1.31. The van der Waals surface area contributed by atoms with Crippen LogP contribution in [0.4, 0.5) is 0 Å². The Morgan fingerprint density at radius 1 is 1.29 bits per heavy atom. The Kier molecular flexibility index (Phi) is 4.17. The Bertz CT molecular complexity index is 334. The lowest BCUT2D eigenvalue weighted by Crippen LogP contribution is -1.84. The summed E-state index contributed by atoms with van der Waals surface area (Å²) < 4.78 is 4.99. The van der Waals surface area contributed by atoms with E-state index in [2.05, 4.69) is 23.4 Å². The van der Waals surface area contributed by atoms with Crippen LogP contribution in [-0.2, 0) is 0 Å². The lowest BCUT2D eigenvalue weighted by molar-refractivity contribution is 0.396. The van der Waals surface area contributed by atoms with Crippen molar-refractivity contribution in [2.45, 2.75) is 33.6 Å². The maximum absolute atomic E-state index is 4.99. The molecule has 0 saturated heterocycles. The summed E-state index contributed by atoms with van der Waals surface area (Å²) in [5, 5.41) is 3.94. The molecule has 0 unspecified atom stereocenters. The third kappa shape index (κ3) is 2.59. The van der Waals surface area contributed by atoms with E-state index < -0.39 is 0 Å². The van der Waals surface area contributed by atoms with Gasteiger partial charge in [0.15, 0.2) is 0 Å². The largest absolute Gasteiger partial charge is 0.361 e. The van der Waals surface area contributed by atoms with Crippen LogP contribution in [0.1, 0.15) is 38.1 Å². The average molecular weight is 191 g/mol. The first-order valence-electron chi connectivity index (χ1n) is 5.16. The van der Waals surface area contributed by atoms with Crippen molar-refractivity contribution in [1.29, 1.82) is 0 Å². The molecule has 0 radical (unpaired) electrons. The Hall–Kier alpha value is -1.31. The van der Waals surface area contributed by atoms with Crippen molar-refractivity contribution in [1.82, 2.24) is 5.16 Å². The molecule has 76 valence electrons. The lowest BCUT2D eigenvalue weighted by atomic mass is 10.0. The van der Waals surface area contributed by atoms with Crippen LogP contribution in [0, 0.1) is 6.92 Å². The summed E-state index contributed by atoms with van der Waals surface area (Å²) in [6.45, 7) is 5.91. The van der Waals surface area contributed by atoms with Crippen molar-refractivity contribution >= 4 is 5.57 Å². The molecule has 0 aromatic carbocycles. The molecular weight excluding hydrogens is 174 g/mol. The summed E-state index contributed by atoms with van der Waals surface area (Å²) in [6, 6.07) is 1.96. The first-order valence-corrected chi connectivity index (χ1v) is 5.16. The zero-order chi connectivity index (χ0) is 10.4. The molecule has 0 aliphatic heterocycles. The fourth-order valence-corrected chi connectivity index (χ4v) is 1.31. The second kappa shape index (κ2) is 5.43. The summed E-state index contributed by atoms with van der Waals surface area (Å²) in [5.41, 5.74) is 2.13. The van der Waals surface area contributed by atoms with Crippen LogP contribution in [-0.4, -0.2) is 5.16 Å². The van der Waals surface area contributed by atoms with Gasteiger partial charge in [0, 0.05) is 6.07 Å². The Balaban J connectivity index is 0.000000461. The molecule has 0 bridgehead atoms. The second-order valence-electron chi connectivity index (χ2n) is 2.96. The van der Waals surface area contributed by atoms with E-state index in [-0.39, 0.29) is 0 Å². The molecule has 2 nitrogen and oxygen atoms in total. The van der Waals surface area contributed by atoms with Crippen LogP contribution in [0.15, 0.2) is 28.8 Å². The first kappa shape index (κ1) is 10.8. The predicted molar refractivity (Wildman–Crippen MR) is 58.9 cm³/mol. The van der Waals surface area contributed by atoms with Crippen molar-refractivity contribution in [2.24, 2.45) is 0 Å². The topological polar surface area (TPSA) is 26.0 Å². The summed E-state index contributed by atoms with van der Waals surface area (Å²) >= 11 is 0. The molecule has 1 aliphatic carbocycles. The highest BCUT2D eigenvalue weighted by molar-refractivity contribution is 5.72. The zero-order valence-corrected chi connectivity index (χ0v) is 9.08. The number of hydrogen-bond acceptors (Lipinski definition) is 2. The molecule has 1 aromatic rings. The molecule has 1 aromatic heterocycles. The third-order valence-corrected chi connectivity index (χ3v) is 1.92. The van der Waals surface area contributed by atoms with Gasteiger partial charge in [0.05, 0.1) is 0 Å². The number of rotatable bonds is 1. The summed E-state index contributed by atoms with van der Waals surface area (Å²) in [6.07, 6.45) is 8.70. The van der Waals surface area contributed by atoms with E-state index in [1.54, 1.807) is 0 Å². The standard InChI is InChI=1S/C10H11NO.C2H6/c1-8-7-10(11-12-8)9-5-3-2-4-6-9;1-2/h3,5-7H,2,4H2,1H3;1-2H3. The Morgan fingerprint density at radius 3 is 2.57 bits per heavy atom. The minimum atomic E-state index is 0.866. The highest BCUT2D eigenvalue weighted by atomic mass is 16.5. The molecule has 0 spiro atoms. The smallest absolute Gasteiger partial charge is 0.134 e. The van der Waals surface area contributed by atoms with Crippen LogP contribution in [0.3, 0.4) is 0 Å². The quantitative estimate of drug-likeness (QED) is 0.675. The molecule has 0 amide bonds. The fraction of sp³-hybridized carbons (Fsp3) is 0.417. The monoisotopic (exact) mass is 191 g/mol. The van der Waals surface area contributed by atoms with Gasteiger partial charge in [-0.3, -0.25) is 0 Å². The van der Waals surface area contributed by atoms with E-state index in [0.29, 0.717) is 0 Å². The minimum absolute atomic E-state index is 0.866. The number of aryl methyl sites for hydroxylation is 1. The van der Waals surface area contributed by atoms with Gasteiger partial charge < -0.3 is 4.52 Å². The number of aromatic nitrogens is 1. The first-order chi connectivity index (χ1) is 6.86. The SMILES string of the molecule is CC.Cc1cc(C2=CCCC=C2)no1. The van der Waals surface area contributed by atoms with Gasteiger partial charge in [-0.25, -0.2) is 0 Å². The predicted octanol–water partition coefficient (Wildman–Crippen LogP) is 3.74. The normalized spacial score (nSPS) is 14.4. The molecule has 0 atom stereocenters. The number of nitrogens with zero attached hydrogens (tertiary/aromatic N) is 1. The van der Waals surface area contributed by atoms with E-state index in [1.807, 2.05) is 26.8 Å². The van der Waals surface area contributed by atoms with E-state index >= 15 is 0 Å². The minimum Gasteiger partial charge on any atom is -0.361 e. The molecule has 0 saturated carbocycles. The van der Waals surface area contributed by atoms with E-state index in [9.17, 15) is 0 Å². The Labute approximate surface area is 85.3 Å². The highest BCUT2D eigenvalue weighted by Crippen LogP contribution is 2.20. The van der Waals surface area contributed by atoms with Gasteiger partial charge in [0.25, 0.3) is 0 Å². The van der Waals surface area contributed by atoms with E-state index in [4.69, 9.17) is 4.52 Å². The van der Waals surface area contributed by atoms with Crippen molar-refractivity contribution in [3.05, 3.63) is 35.7 Å². The lowest BCUT2D eigenvalue weighted by Gasteiger charge is -2.01. The second-order valence-corrected chi connectivity index (χ2v) is 2.96. The van der Waals surface area contributed by atoms with Crippen molar-refractivity contribution in [2.75, 3.05) is 0 Å². The third-order valence-electron chi connectivity index (χ3n) is 1.92. The maximum Gasteiger partial charge on any atom is 0.134 e. The van der Waals surface area contributed by atoms with Crippen LogP contribution < -0.4 is 0 Å². The molecule has 2 rings (SSSR count). The van der Waals surface area contributed by atoms with Crippen LogP contribution in [0.2, 0.25) is 0 Å². The van der Waals surface area contributed by atoms with Gasteiger partial charge in [-0.2, -0.15) is 0 Å². The van der Waals surface area contributed by atoms with Gasteiger partial charge in [0.1, 0.15) is 11.5 Å². The number of allylic oxidation sites excluding steroid dienone is 4. The van der Waals surface area contributed by atoms with Crippen LogP contribution in [0.25, 0.3) is 5.57 Å². The molecule has 1 aliphatic rings. The van der Waals surface area contributed by atoms with Crippen molar-refractivity contribution in [3.8, 4) is 0 Å². The molecule has 1 heterocycles. The molecule has 0 fully saturated rings. The van der Waals surface area contributed by atoms with Crippen LogP contribution in [0.5, 0.6) is 0 Å². The summed E-state index contributed by atoms with van der Waals surface area (Å²) in [7, 11) is 0. The van der Waals surface area contributed by atoms with Gasteiger partial charge in [0.2, 0.25) is 0 Å². The number of hydrogen-bond donors (Lipinski definition) is 0. The van der Waals surface area contributed by atoms with Gasteiger partial charge in [-0.05, 0) is 25.3 Å². The van der Waals surface area contributed by atoms with Crippen molar-refractivity contribution < 1.29 is 4.52 Å². The molecular formula is C12H17NO. The van der Waals surface area contributed by atoms with Gasteiger partial charge >= 0.3 is 0 Å². The molecule has 14 heavy (non-hydrogen) atoms. The molecule has 2 heteroatoms. The van der Waals surface area contributed by atoms with E-state index in [1.165, 1.54) is 5.57 Å². The van der Waals surface area contributed by atoms with Crippen LogP contribution >= 0.6 is 0 Å². The summed E-state index contributed by atoms with van der Waals surface area (Å²) in [5.74, 6) is 0.866. The highest BCUT2D eigenvalue weighted by Gasteiger charge is 2.05. The maximum atomic E-state index is 4.99. The van der Waals surface area contributed by atoms with E-state index in [0.717, 1.165) is 24.3 Å². The Morgan fingerprint density at radius 2 is 2.07 bits per heavy atom. The van der Waals surface area contributed by atoms with Crippen molar-refractivity contribution in [3.63, 3.8) is 0 Å². The van der Waals surface area contributed by atoms with Gasteiger partial charge in [-0.15, -0.1) is 0 Å². The zero-order valence-electron chi connectivity index (χ0n) is 9.08. The summed E-state index contributed by atoms with van der Waals surface area (Å²) in [4.78, 5) is 0.